The molecule has 0 radical (unpaired) electrons. The van der Waals surface area contributed by atoms with Gasteiger partial charge >= 0.3 is 0 Å². The van der Waals surface area contributed by atoms with E-state index in [4.69, 9.17) is 18.9 Å². The van der Waals surface area contributed by atoms with Crippen LogP contribution in [0.4, 0.5) is 0 Å². The van der Waals surface area contributed by atoms with Crippen molar-refractivity contribution in [3.05, 3.63) is 53.1 Å². The van der Waals surface area contributed by atoms with E-state index in [1.54, 1.807) is 7.11 Å². The zero-order valence-electron chi connectivity index (χ0n) is 17.8. The molecule has 0 unspecified atom stereocenters. The molecule has 1 aliphatic rings. The van der Waals surface area contributed by atoms with E-state index in [1.807, 2.05) is 50.2 Å². The van der Waals surface area contributed by atoms with Crippen molar-refractivity contribution < 1.29 is 28.8 Å². The number of hydrogen-bond donors (Lipinski definition) is 1. The maximum absolute atomic E-state index is 12.2. The summed E-state index contributed by atoms with van der Waals surface area (Å²) in [7, 11) is 1.63. The number of ether oxygens (including phenoxy) is 4. The van der Waals surface area contributed by atoms with Gasteiger partial charge in [-0.25, -0.2) is 0 Å². The van der Waals surface area contributed by atoms with Crippen molar-refractivity contribution >= 4 is 5.78 Å². The van der Waals surface area contributed by atoms with Crippen LogP contribution in [0.1, 0.15) is 49.5 Å². The van der Waals surface area contributed by atoms with Crippen molar-refractivity contribution in [1.82, 2.24) is 0 Å². The molecule has 2 atom stereocenters. The highest BCUT2D eigenvalue weighted by atomic mass is 16.5. The Bertz CT molecular complexity index is 846. The lowest BCUT2D eigenvalue weighted by Gasteiger charge is -2.30. The second kappa shape index (κ2) is 10.5. The summed E-state index contributed by atoms with van der Waals surface area (Å²) >= 11 is 0. The predicted octanol–water partition coefficient (Wildman–Crippen LogP) is 3.86. The third-order valence-corrected chi connectivity index (χ3v) is 5.12. The summed E-state index contributed by atoms with van der Waals surface area (Å²) < 4.78 is 23.0. The number of ketones is 1. The minimum Gasteiger partial charge on any atom is -0.496 e. The molecule has 0 aromatic heterocycles. The number of aliphatic hydroxyl groups excluding tert-OH is 1. The third kappa shape index (κ3) is 5.32. The molecule has 1 aliphatic heterocycles. The molecule has 1 saturated heterocycles. The number of carbonyl (C=O) groups excluding carboxylic acids is 1. The summed E-state index contributed by atoms with van der Waals surface area (Å²) in [6.07, 6.45) is 0.230. The number of Topliss-reactive ketones (excluding diaryl/α,β-unsaturated/α-hetero) is 1. The SMILES string of the molecule is CCOc1ccc(Cc2cc([C@H]3CC(=O)C[C@@H](CO)O3)c(OCC)cc2OC)cc1. The van der Waals surface area contributed by atoms with Crippen LogP contribution in [0.3, 0.4) is 0 Å². The number of methoxy groups -OCH3 is 1. The monoisotopic (exact) mass is 414 g/mol. The van der Waals surface area contributed by atoms with Crippen molar-refractivity contribution in [2.45, 2.75) is 45.3 Å². The van der Waals surface area contributed by atoms with E-state index in [0.717, 1.165) is 28.2 Å². The van der Waals surface area contributed by atoms with E-state index in [-0.39, 0.29) is 25.2 Å². The fourth-order valence-electron chi connectivity index (χ4n) is 3.74. The molecule has 6 heteroatoms. The number of benzene rings is 2. The molecule has 162 valence electrons. The first kappa shape index (κ1) is 22.1. The average Bonchev–Trinajstić information content (AvgIpc) is 2.75. The van der Waals surface area contributed by atoms with Crippen molar-refractivity contribution in [3.63, 3.8) is 0 Å². The number of hydrogen-bond acceptors (Lipinski definition) is 6. The summed E-state index contributed by atoms with van der Waals surface area (Å²) in [6, 6.07) is 11.8. The Labute approximate surface area is 177 Å². The first-order valence-electron chi connectivity index (χ1n) is 10.4. The standard InChI is InChI=1S/C24H30O6/c1-4-28-19-8-6-16(7-9-19)10-17-11-21(23(29-5-2)14-22(17)27-3)24-13-18(26)12-20(15-25)30-24/h6-9,11,14,20,24-25H,4-5,10,12-13,15H2,1-3H3/t20-,24+/m0/s1. The van der Waals surface area contributed by atoms with E-state index in [2.05, 4.69) is 0 Å². The fourth-order valence-corrected chi connectivity index (χ4v) is 3.74. The van der Waals surface area contributed by atoms with E-state index in [1.165, 1.54) is 0 Å². The lowest BCUT2D eigenvalue weighted by atomic mass is 9.93. The Morgan fingerprint density at radius 3 is 2.40 bits per heavy atom. The molecule has 0 spiro atoms. The summed E-state index contributed by atoms with van der Waals surface area (Å²) in [5.41, 5.74) is 2.90. The first-order chi connectivity index (χ1) is 14.6. The van der Waals surface area contributed by atoms with Crippen LogP contribution in [0.15, 0.2) is 36.4 Å². The quantitative estimate of drug-likeness (QED) is 0.672. The van der Waals surface area contributed by atoms with Gasteiger partial charge in [-0.1, -0.05) is 12.1 Å². The Kier molecular flexibility index (Phi) is 7.71. The minimum absolute atomic E-state index is 0.0802. The topological polar surface area (TPSA) is 74.2 Å². The highest BCUT2D eigenvalue weighted by molar-refractivity contribution is 5.80. The van der Waals surface area contributed by atoms with E-state index in [0.29, 0.717) is 25.4 Å². The maximum Gasteiger partial charge on any atom is 0.138 e. The number of rotatable bonds is 9. The first-order valence-corrected chi connectivity index (χ1v) is 10.4. The molecular weight excluding hydrogens is 384 g/mol. The lowest BCUT2D eigenvalue weighted by molar-refractivity contribution is -0.139. The summed E-state index contributed by atoms with van der Waals surface area (Å²) in [5, 5.41) is 9.50. The van der Waals surface area contributed by atoms with Gasteiger partial charge in [0, 0.05) is 30.9 Å². The third-order valence-electron chi connectivity index (χ3n) is 5.12. The van der Waals surface area contributed by atoms with Crippen LogP contribution in [-0.2, 0) is 16.0 Å². The molecule has 0 bridgehead atoms. The van der Waals surface area contributed by atoms with Crippen molar-refractivity contribution in [2.24, 2.45) is 0 Å². The Morgan fingerprint density at radius 2 is 1.77 bits per heavy atom. The molecule has 2 aromatic carbocycles. The zero-order chi connectivity index (χ0) is 21.5. The Hall–Kier alpha value is -2.57. The lowest BCUT2D eigenvalue weighted by Crippen LogP contribution is -2.31. The van der Waals surface area contributed by atoms with Gasteiger partial charge in [-0.3, -0.25) is 4.79 Å². The normalized spacial score (nSPS) is 18.9. The highest BCUT2D eigenvalue weighted by Gasteiger charge is 2.31. The van der Waals surface area contributed by atoms with Crippen molar-refractivity contribution in [2.75, 3.05) is 26.9 Å². The molecule has 2 aromatic rings. The largest absolute Gasteiger partial charge is 0.496 e. The average molecular weight is 414 g/mol. The van der Waals surface area contributed by atoms with Crippen LogP contribution in [0.25, 0.3) is 0 Å². The molecule has 0 amide bonds. The van der Waals surface area contributed by atoms with Crippen molar-refractivity contribution in [3.8, 4) is 17.2 Å². The predicted molar refractivity (Wildman–Crippen MR) is 114 cm³/mol. The van der Waals surface area contributed by atoms with Gasteiger partial charge < -0.3 is 24.1 Å². The zero-order valence-corrected chi connectivity index (χ0v) is 17.8. The molecule has 0 aliphatic carbocycles. The van der Waals surface area contributed by atoms with Gasteiger partial charge in [0.1, 0.15) is 23.0 Å². The van der Waals surface area contributed by atoms with Crippen LogP contribution in [-0.4, -0.2) is 43.9 Å². The minimum atomic E-state index is -0.484. The van der Waals surface area contributed by atoms with Gasteiger partial charge in [-0.2, -0.15) is 0 Å². The van der Waals surface area contributed by atoms with Crippen LogP contribution >= 0.6 is 0 Å². The molecule has 0 saturated carbocycles. The van der Waals surface area contributed by atoms with E-state index >= 15 is 0 Å². The van der Waals surface area contributed by atoms with Gasteiger partial charge in [0.05, 0.1) is 39.1 Å². The number of carbonyl (C=O) groups is 1. The highest BCUT2D eigenvalue weighted by Crippen LogP contribution is 2.39. The molecule has 6 nitrogen and oxygen atoms in total. The molecule has 30 heavy (non-hydrogen) atoms. The smallest absolute Gasteiger partial charge is 0.138 e. The summed E-state index contributed by atoms with van der Waals surface area (Å²) in [4.78, 5) is 12.2. The van der Waals surface area contributed by atoms with Gasteiger partial charge in [0.25, 0.3) is 0 Å². The van der Waals surface area contributed by atoms with Gasteiger partial charge in [-0.05, 0) is 43.2 Å². The van der Waals surface area contributed by atoms with Gasteiger partial charge in [0.2, 0.25) is 0 Å². The van der Waals surface area contributed by atoms with Crippen LogP contribution in [0.2, 0.25) is 0 Å². The second-order valence-corrected chi connectivity index (χ2v) is 7.26. The molecule has 3 rings (SSSR count). The van der Waals surface area contributed by atoms with E-state index in [9.17, 15) is 9.90 Å². The summed E-state index contributed by atoms with van der Waals surface area (Å²) in [6.45, 7) is 4.80. The summed E-state index contributed by atoms with van der Waals surface area (Å²) in [5.74, 6) is 2.28. The maximum atomic E-state index is 12.2. The second-order valence-electron chi connectivity index (χ2n) is 7.26. The Morgan fingerprint density at radius 1 is 1.03 bits per heavy atom. The van der Waals surface area contributed by atoms with Gasteiger partial charge in [0.15, 0.2) is 0 Å². The van der Waals surface area contributed by atoms with Crippen molar-refractivity contribution in [1.29, 1.82) is 0 Å². The molecular formula is C24H30O6. The van der Waals surface area contributed by atoms with Crippen LogP contribution in [0, 0.1) is 0 Å². The molecule has 1 fully saturated rings. The fraction of sp³-hybridized carbons (Fsp3) is 0.458. The Balaban J connectivity index is 1.94. The molecule has 1 N–H and O–H groups in total. The van der Waals surface area contributed by atoms with Crippen LogP contribution in [0.5, 0.6) is 17.2 Å². The number of aliphatic hydroxyl groups is 1. The van der Waals surface area contributed by atoms with Gasteiger partial charge in [-0.15, -0.1) is 0 Å². The van der Waals surface area contributed by atoms with Crippen LogP contribution < -0.4 is 14.2 Å². The van der Waals surface area contributed by atoms with E-state index < -0.39 is 12.2 Å². The molecule has 1 heterocycles.